The summed E-state index contributed by atoms with van der Waals surface area (Å²) in [5, 5.41) is 3.31. The van der Waals surface area contributed by atoms with Gasteiger partial charge in [-0.1, -0.05) is 0 Å². The molecule has 16 nitrogen and oxygen atoms in total. The van der Waals surface area contributed by atoms with Crippen molar-refractivity contribution >= 4 is 61.2 Å². The maximum absolute atomic E-state index is 14.9. The van der Waals surface area contributed by atoms with E-state index in [1.54, 1.807) is 49.6 Å². The molecule has 0 saturated carbocycles. The molecule has 0 unspecified atom stereocenters. The highest BCUT2D eigenvalue weighted by Gasteiger charge is 2.34. The zero-order valence-corrected chi connectivity index (χ0v) is 59.6. The van der Waals surface area contributed by atoms with Crippen LogP contribution in [0.15, 0.2) is 172 Å². The van der Waals surface area contributed by atoms with E-state index in [-0.39, 0.29) is 45.8 Å². The third-order valence-electron chi connectivity index (χ3n) is 21.0. The number of fused-ring (bicyclic) bond motifs is 6. The maximum Gasteiger partial charge on any atom is 0.212 e. The molecular weight excluding hydrogens is 1360 g/mol. The topological polar surface area (TPSA) is 167 Å². The van der Waals surface area contributed by atoms with Crippen LogP contribution in [-0.2, 0) is 43.7 Å². The summed E-state index contributed by atoms with van der Waals surface area (Å²) in [6, 6.07) is 44.0. The van der Waals surface area contributed by atoms with Crippen molar-refractivity contribution in [3.63, 3.8) is 0 Å². The number of aliphatic imine (C=N–C) groups is 3. The van der Waals surface area contributed by atoms with Crippen molar-refractivity contribution in [2.24, 2.45) is 15.0 Å². The van der Waals surface area contributed by atoms with Gasteiger partial charge in [0.1, 0.15) is 17.5 Å². The first-order valence-electron chi connectivity index (χ1n) is 35.4. The smallest absolute Gasteiger partial charge is 0.212 e. The molecule has 21 heteroatoms. The summed E-state index contributed by atoms with van der Waals surface area (Å²) in [6.07, 6.45) is 14.1. The summed E-state index contributed by atoms with van der Waals surface area (Å²) in [4.78, 5) is 22.4. The molecule has 0 spiro atoms. The minimum Gasteiger partial charge on any atom is -0.494 e. The highest BCUT2D eigenvalue weighted by molar-refractivity contribution is 7.90. The number of rotatable bonds is 13. The average Bonchev–Trinajstić information content (AvgIpc) is 1.60. The monoisotopic (exact) mass is 1430 g/mol. The fourth-order valence-electron chi connectivity index (χ4n) is 16.0. The number of hydrogen-bond acceptors (Lipinski definition) is 13. The van der Waals surface area contributed by atoms with Gasteiger partial charge >= 0.3 is 0 Å². The van der Waals surface area contributed by atoms with E-state index >= 15 is 0 Å². The maximum atomic E-state index is 14.9. The van der Waals surface area contributed by atoms with Gasteiger partial charge in [0, 0.05) is 178 Å². The molecule has 12 aromatic rings. The van der Waals surface area contributed by atoms with Gasteiger partial charge in [0.2, 0.25) is 11.7 Å². The highest BCUT2D eigenvalue weighted by Crippen LogP contribution is 2.50. The zero-order chi connectivity index (χ0) is 72.2. The summed E-state index contributed by atoms with van der Waals surface area (Å²) in [5.74, 6) is 0.198. The van der Waals surface area contributed by atoms with Crippen LogP contribution in [0, 0.1) is 30.2 Å². The van der Waals surface area contributed by atoms with Gasteiger partial charge in [0.05, 0.1) is 57.5 Å². The second kappa shape index (κ2) is 28.8. The fraction of sp³-hybridized carbons (Fsp3) is 0.274. The van der Waals surface area contributed by atoms with Gasteiger partial charge in [-0.15, -0.1) is 0 Å². The molecule has 3 saturated heterocycles. The Morgan fingerprint density at radius 3 is 1.18 bits per heavy atom. The molecule has 5 aromatic heterocycles. The Balaban J connectivity index is 0.000000121. The number of pyridine rings is 2. The Labute approximate surface area is 605 Å². The van der Waals surface area contributed by atoms with Crippen LogP contribution >= 0.6 is 0 Å². The minimum atomic E-state index is -3.43. The number of aryl methyl sites for hydroxylation is 1. The van der Waals surface area contributed by atoms with Gasteiger partial charge in [0.15, 0.2) is 26.4 Å². The molecule has 6 aliphatic rings. The summed E-state index contributed by atoms with van der Waals surface area (Å²) >= 11 is 0. The Morgan fingerprint density at radius 2 is 0.829 bits per heavy atom. The van der Waals surface area contributed by atoms with E-state index in [1.165, 1.54) is 73.7 Å². The predicted molar refractivity (Wildman–Crippen MR) is 401 cm³/mol. The Morgan fingerprint density at radius 1 is 0.448 bits per heavy atom. The third-order valence-corrected chi connectivity index (χ3v) is 22.0. The molecule has 0 bridgehead atoms. The van der Waals surface area contributed by atoms with Crippen LogP contribution in [0.4, 0.5) is 17.6 Å². The van der Waals surface area contributed by atoms with E-state index in [2.05, 4.69) is 81.1 Å². The van der Waals surface area contributed by atoms with Gasteiger partial charge in [-0.05, 0) is 224 Å². The number of benzene rings is 7. The van der Waals surface area contributed by atoms with E-state index in [9.17, 15) is 26.0 Å². The molecule has 0 atom stereocenters. The molecule has 0 radical (unpaired) electrons. The first-order valence-corrected chi connectivity index (χ1v) is 37.3. The second-order valence-electron chi connectivity index (χ2n) is 27.3. The summed E-state index contributed by atoms with van der Waals surface area (Å²) < 4.78 is 121. The predicted octanol–water partition coefficient (Wildman–Crippen LogP) is 17.5. The van der Waals surface area contributed by atoms with Gasteiger partial charge in [-0.2, -0.15) is 4.39 Å². The molecule has 534 valence electrons. The number of methoxy groups -OCH3 is 3. The number of hydrogen-bond donors (Lipinski definition) is 0. The first kappa shape index (κ1) is 68.8. The van der Waals surface area contributed by atoms with Gasteiger partial charge < -0.3 is 42.1 Å². The molecule has 3 fully saturated rings. The normalized spacial score (nSPS) is 15.8. The van der Waals surface area contributed by atoms with E-state index in [0.717, 1.165) is 169 Å². The Bertz CT molecular complexity index is 5530. The van der Waals surface area contributed by atoms with Gasteiger partial charge in [-0.25, -0.2) is 31.6 Å². The summed E-state index contributed by atoms with van der Waals surface area (Å²) in [6.45, 7) is 7.93. The van der Waals surface area contributed by atoms with Crippen molar-refractivity contribution in [2.45, 2.75) is 87.9 Å². The molecule has 18 rings (SSSR count). The van der Waals surface area contributed by atoms with Crippen molar-refractivity contribution in [3.8, 4) is 67.8 Å². The molecule has 0 amide bonds. The second-order valence-corrected chi connectivity index (χ2v) is 29.3. The SMILES string of the molecule is COc1cc(-c2c(C3CCOCC3)n(-c3ccc(F)cc3)c3cc4c(cc23)CN=C4)cc(OC)c1F.COc1ccc(-c2c(C3CCOCC3)n(-c3ccc(F)cc3)c3cc4c(cc23)CN=C4)cn1.Cc1nc(S(C)(=O)=O)ccc1-c1c(C2CCOCC2)n(-c2ccc(F)cc2)c2cc3c(cc12)CN=C3. The summed E-state index contributed by atoms with van der Waals surface area (Å²) in [7, 11) is 1.09. The van der Waals surface area contributed by atoms with Crippen molar-refractivity contribution in [3.05, 3.63) is 231 Å². The van der Waals surface area contributed by atoms with Gasteiger partial charge in [-0.3, -0.25) is 15.0 Å². The zero-order valence-electron chi connectivity index (χ0n) is 58.8. The highest BCUT2D eigenvalue weighted by atomic mass is 32.2. The molecule has 6 aliphatic heterocycles. The number of aromatic nitrogens is 5. The molecular formula is C84H76F4N8O8S. The van der Waals surface area contributed by atoms with Crippen molar-refractivity contribution in [1.82, 2.24) is 23.7 Å². The van der Waals surface area contributed by atoms with Gasteiger partial charge in [0.25, 0.3) is 0 Å². The van der Waals surface area contributed by atoms with Crippen molar-refractivity contribution < 1.29 is 54.4 Å². The van der Waals surface area contributed by atoms with Crippen molar-refractivity contribution in [2.75, 3.05) is 67.2 Å². The van der Waals surface area contributed by atoms with E-state index < -0.39 is 15.7 Å². The lowest BCUT2D eigenvalue weighted by Crippen LogP contribution is -2.17. The molecule has 105 heavy (non-hydrogen) atoms. The molecule has 11 heterocycles. The quantitative estimate of drug-likeness (QED) is 0.101. The van der Waals surface area contributed by atoms with Crippen LogP contribution in [0.25, 0.3) is 83.2 Å². The van der Waals surface area contributed by atoms with E-state index in [0.29, 0.717) is 63.6 Å². The molecule has 7 aromatic carbocycles. The average molecular weight is 1430 g/mol. The van der Waals surface area contributed by atoms with Crippen LogP contribution in [0.2, 0.25) is 0 Å². The lowest BCUT2D eigenvalue weighted by Gasteiger charge is -2.26. The summed E-state index contributed by atoms with van der Waals surface area (Å²) in [5.41, 5.74) is 22.6. The van der Waals surface area contributed by atoms with Crippen LogP contribution in [-0.4, -0.2) is 118 Å². The van der Waals surface area contributed by atoms with Crippen LogP contribution in [0.3, 0.4) is 0 Å². The largest absolute Gasteiger partial charge is 0.494 e. The number of halogens is 4. The third kappa shape index (κ3) is 13.1. The van der Waals surface area contributed by atoms with Crippen LogP contribution in [0.1, 0.15) is 112 Å². The first-order chi connectivity index (χ1) is 51.1. The van der Waals surface area contributed by atoms with Crippen LogP contribution in [0.5, 0.6) is 17.4 Å². The molecule has 0 aliphatic carbocycles. The fourth-order valence-corrected chi connectivity index (χ4v) is 16.6. The number of nitrogens with zero attached hydrogens (tertiary/aromatic N) is 8. The lowest BCUT2D eigenvalue weighted by molar-refractivity contribution is 0.0843. The van der Waals surface area contributed by atoms with Crippen molar-refractivity contribution in [1.29, 1.82) is 0 Å². The number of sulfone groups is 1. The Kier molecular flexibility index (Phi) is 18.9. The van der Waals surface area contributed by atoms with E-state index in [1.807, 2.05) is 56.0 Å². The minimum absolute atomic E-state index is 0.0629. The Hall–Kier alpha value is -10.6. The van der Waals surface area contributed by atoms with Crippen LogP contribution < -0.4 is 14.2 Å². The van der Waals surface area contributed by atoms with E-state index in [4.69, 9.17) is 28.4 Å². The number of ether oxygens (including phenoxy) is 6. The molecule has 0 N–H and O–H groups in total. The standard InChI is InChI=1S/C29H26F2N2O3.C28H26FN3O3S.C27H24FN3O2/c1-34-25-13-18(14-26(35-2)28(25)31)27-23-11-19-15-32-16-20(19)12-24(23)33(22-5-3-21(30)4-6-22)29(27)17-7-9-36-10-8-17;1-17-23(7-8-26(31-17)36(2,33)34)27-24-13-19-15-30-16-20(19)14-25(24)32(22-5-3-21(29)4-6-22)28(27)18-9-11-35-12-10-18;1-32-25-7-2-18(16-30-25)26-23-12-19-14-29-15-20(19)13-24(23)31(22-5-3-21(28)4-6-22)27(26)17-8-10-33-11-9-17/h3-6,11-14,16-17H,7-10,15H2,1-2H3;3-8,13-14,16,18H,9-12,15H2,1-2H3;2-7,12-13,15-17H,8-11,14H2,1H3. The lowest BCUT2D eigenvalue weighted by atomic mass is 9.89.